The van der Waals surface area contributed by atoms with Gasteiger partial charge in [-0.05, 0) is 62.9 Å². The van der Waals surface area contributed by atoms with Gasteiger partial charge in [0.1, 0.15) is 0 Å². The van der Waals surface area contributed by atoms with Crippen LogP contribution >= 0.6 is 23.2 Å². The van der Waals surface area contributed by atoms with E-state index in [9.17, 15) is 0 Å². The zero-order chi connectivity index (χ0) is 15.5. The summed E-state index contributed by atoms with van der Waals surface area (Å²) in [5.74, 6) is 0. The van der Waals surface area contributed by atoms with Crippen LogP contribution in [0.15, 0.2) is 18.2 Å². The van der Waals surface area contributed by atoms with Crippen molar-refractivity contribution in [3.8, 4) is 0 Å². The molecule has 0 spiro atoms. The second kappa shape index (κ2) is 7.32. The van der Waals surface area contributed by atoms with Crippen molar-refractivity contribution in [2.75, 3.05) is 13.1 Å². The van der Waals surface area contributed by atoms with Crippen molar-refractivity contribution < 1.29 is 0 Å². The molecule has 0 aliphatic carbocycles. The summed E-state index contributed by atoms with van der Waals surface area (Å²) in [5.41, 5.74) is 7.70. The summed E-state index contributed by atoms with van der Waals surface area (Å²) in [6.45, 7) is 6.81. The van der Waals surface area contributed by atoms with E-state index in [1.807, 2.05) is 18.2 Å². The van der Waals surface area contributed by atoms with Gasteiger partial charge in [0.2, 0.25) is 0 Å². The van der Waals surface area contributed by atoms with Gasteiger partial charge in [-0.3, -0.25) is 4.90 Å². The minimum atomic E-state index is 0.0444. The van der Waals surface area contributed by atoms with Gasteiger partial charge in [-0.25, -0.2) is 0 Å². The van der Waals surface area contributed by atoms with Crippen molar-refractivity contribution in [1.82, 2.24) is 4.90 Å². The van der Waals surface area contributed by atoms with E-state index in [4.69, 9.17) is 28.9 Å². The molecule has 1 aromatic carbocycles. The molecule has 1 atom stereocenters. The Balaban J connectivity index is 2.24. The summed E-state index contributed by atoms with van der Waals surface area (Å²) in [6, 6.07) is 5.71. The smallest absolute Gasteiger partial charge is 0.0453 e. The molecule has 1 aromatic rings. The lowest BCUT2D eigenvalue weighted by atomic mass is 9.80. The Hall–Kier alpha value is -0.280. The largest absolute Gasteiger partial charge is 0.326 e. The number of halogens is 2. The SMILES string of the molecule is CCC(CC)(C(N)Cc1c(Cl)cccc1Cl)N1CCCC1. The van der Waals surface area contributed by atoms with Crippen LogP contribution in [0, 0.1) is 0 Å². The van der Waals surface area contributed by atoms with Crippen molar-refractivity contribution in [1.29, 1.82) is 0 Å². The van der Waals surface area contributed by atoms with E-state index in [1.54, 1.807) is 0 Å². The van der Waals surface area contributed by atoms with Crippen LogP contribution in [0.3, 0.4) is 0 Å². The fourth-order valence-corrected chi connectivity index (χ4v) is 4.31. The van der Waals surface area contributed by atoms with Gasteiger partial charge >= 0.3 is 0 Å². The topological polar surface area (TPSA) is 29.3 Å². The van der Waals surface area contributed by atoms with Crippen LogP contribution in [0.5, 0.6) is 0 Å². The molecule has 4 heteroatoms. The van der Waals surface area contributed by atoms with E-state index in [0.29, 0.717) is 0 Å². The van der Waals surface area contributed by atoms with Crippen LogP contribution in [0.25, 0.3) is 0 Å². The van der Waals surface area contributed by atoms with Gasteiger partial charge in [-0.1, -0.05) is 43.1 Å². The highest BCUT2D eigenvalue weighted by molar-refractivity contribution is 6.36. The van der Waals surface area contributed by atoms with E-state index < -0.39 is 0 Å². The molecule has 21 heavy (non-hydrogen) atoms. The molecule has 0 bridgehead atoms. The molecule has 1 unspecified atom stereocenters. The van der Waals surface area contributed by atoms with Crippen LogP contribution in [0.4, 0.5) is 0 Å². The van der Waals surface area contributed by atoms with Crippen LogP contribution in [-0.4, -0.2) is 29.6 Å². The minimum absolute atomic E-state index is 0.0444. The van der Waals surface area contributed by atoms with E-state index in [1.165, 1.54) is 12.8 Å². The van der Waals surface area contributed by atoms with Crippen LogP contribution in [0.1, 0.15) is 45.1 Å². The fraction of sp³-hybridized carbons (Fsp3) is 0.647. The van der Waals surface area contributed by atoms with Gasteiger partial charge < -0.3 is 5.73 Å². The molecular weight excluding hydrogens is 303 g/mol. The molecule has 0 saturated carbocycles. The number of rotatable bonds is 6. The van der Waals surface area contributed by atoms with Crippen LogP contribution in [-0.2, 0) is 6.42 Å². The molecule has 0 radical (unpaired) electrons. The minimum Gasteiger partial charge on any atom is -0.326 e. The average molecular weight is 329 g/mol. The molecule has 1 fully saturated rings. The lowest BCUT2D eigenvalue weighted by Crippen LogP contribution is -2.59. The van der Waals surface area contributed by atoms with Crippen LogP contribution in [0.2, 0.25) is 10.0 Å². The summed E-state index contributed by atoms with van der Waals surface area (Å²) < 4.78 is 0. The lowest BCUT2D eigenvalue weighted by molar-refractivity contribution is 0.0768. The first kappa shape index (κ1) is 17.1. The number of likely N-dealkylation sites (tertiary alicyclic amines) is 1. The third kappa shape index (κ3) is 3.39. The average Bonchev–Trinajstić information content (AvgIpc) is 3.00. The first-order chi connectivity index (χ1) is 10.0. The monoisotopic (exact) mass is 328 g/mol. The molecule has 1 aliphatic heterocycles. The number of nitrogens with zero attached hydrogens (tertiary/aromatic N) is 1. The lowest BCUT2D eigenvalue weighted by Gasteiger charge is -2.45. The van der Waals surface area contributed by atoms with Crippen molar-refractivity contribution in [2.45, 2.75) is 57.5 Å². The number of benzene rings is 1. The zero-order valence-electron chi connectivity index (χ0n) is 13.0. The van der Waals surface area contributed by atoms with Crippen molar-refractivity contribution in [2.24, 2.45) is 5.73 Å². The Morgan fingerprint density at radius 3 is 2.14 bits per heavy atom. The molecule has 0 aromatic heterocycles. The predicted octanol–water partition coefficient (Wildman–Crippen LogP) is 4.52. The predicted molar refractivity (Wildman–Crippen MR) is 92.3 cm³/mol. The van der Waals surface area contributed by atoms with Crippen LogP contribution < -0.4 is 5.73 Å². The van der Waals surface area contributed by atoms with Gasteiger partial charge in [-0.15, -0.1) is 0 Å². The highest BCUT2D eigenvalue weighted by Crippen LogP contribution is 2.34. The van der Waals surface area contributed by atoms with E-state index in [-0.39, 0.29) is 11.6 Å². The molecule has 0 amide bonds. The first-order valence-electron chi connectivity index (χ1n) is 7.98. The van der Waals surface area contributed by atoms with E-state index in [0.717, 1.165) is 48.0 Å². The third-order valence-electron chi connectivity index (χ3n) is 5.14. The quantitative estimate of drug-likeness (QED) is 0.831. The van der Waals surface area contributed by atoms with Crippen molar-refractivity contribution >= 4 is 23.2 Å². The highest BCUT2D eigenvalue weighted by atomic mass is 35.5. The molecule has 1 heterocycles. The molecule has 1 aliphatic rings. The Bertz CT molecular complexity index is 446. The molecule has 2 N–H and O–H groups in total. The summed E-state index contributed by atoms with van der Waals surface area (Å²) >= 11 is 12.6. The Labute approximate surface area is 138 Å². The molecule has 2 rings (SSSR count). The van der Waals surface area contributed by atoms with Gasteiger partial charge in [0, 0.05) is 21.6 Å². The number of nitrogens with two attached hydrogens (primary N) is 1. The Morgan fingerprint density at radius 1 is 1.14 bits per heavy atom. The van der Waals surface area contributed by atoms with Gasteiger partial charge in [-0.2, -0.15) is 0 Å². The van der Waals surface area contributed by atoms with Gasteiger partial charge in [0.25, 0.3) is 0 Å². The maximum absolute atomic E-state index is 6.66. The summed E-state index contributed by atoms with van der Waals surface area (Å²) in [7, 11) is 0. The number of hydrogen-bond acceptors (Lipinski definition) is 2. The molecule has 118 valence electrons. The maximum atomic E-state index is 6.66. The van der Waals surface area contributed by atoms with Crippen molar-refractivity contribution in [3.63, 3.8) is 0 Å². The highest BCUT2D eigenvalue weighted by Gasteiger charge is 2.40. The molecular formula is C17H26Cl2N2. The zero-order valence-corrected chi connectivity index (χ0v) is 14.6. The summed E-state index contributed by atoms with van der Waals surface area (Å²) in [4.78, 5) is 2.59. The van der Waals surface area contributed by atoms with Gasteiger partial charge in [0.05, 0.1) is 0 Å². The van der Waals surface area contributed by atoms with Gasteiger partial charge in [0.15, 0.2) is 0 Å². The molecule has 1 saturated heterocycles. The first-order valence-corrected chi connectivity index (χ1v) is 8.74. The molecule has 2 nitrogen and oxygen atoms in total. The maximum Gasteiger partial charge on any atom is 0.0453 e. The number of hydrogen-bond donors (Lipinski definition) is 1. The second-order valence-corrected chi connectivity index (χ2v) is 6.83. The normalized spacial score (nSPS) is 18.1. The summed E-state index contributed by atoms with van der Waals surface area (Å²) in [6.07, 6.45) is 5.42. The van der Waals surface area contributed by atoms with E-state index in [2.05, 4.69) is 18.7 Å². The Kier molecular flexibility index (Phi) is 5.96. The fourth-order valence-electron chi connectivity index (χ4n) is 3.76. The second-order valence-electron chi connectivity index (χ2n) is 6.02. The van der Waals surface area contributed by atoms with Crippen molar-refractivity contribution in [3.05, 3.63) is 33.8 Å². The van der Waals surface area contributed by atoms with E-state index >= 15 is 0 Å². The summed E-state index contributed by atoms with van der Waals surface area (Å²) in [5, 5.41) is 1.45. The Morgan fingerprint density at radius 2 is 1.67 bits per heavy atom. The third-order valence-corrected chi connectivity index (χ3v) is 5.84. The standard InChI is InChI=1S/C17H26Cl2N2/c1-3-17(4-2,21-10-5-6-11-21)16(20)12-13-14(18)8-7-9-15(13)19/h7-9,16H,3-6,10-12,20H2,1-2H3.